The van der Waals surface area contributed by atoms with Crippen molar-refractivity contribution in [2.75, 3.05) is 13.2 Å². The molecule has 6 N–H and O–H groups in total. The Morgan fingerprint density at radius 1 is 0.680 bits per heavy atom. The molecule has 7 unspecified atom stereocenters. The molecule has 0 aliphatic carbocycles. The van der Waals surface area contributed by atoms with Crippen LogP contribution >= 0.6 is 0 Å². The summed E-state index contributed by atoms with van der Waals surface area (Å²) < 4.78 is 11.0. The van der Waals surface area contributed by atoms with Crippen LogP contribution in [0.25, 0.3) is 0 Å². The Morgan fingerprint density at radius 2 is 1.20 bits per heavy atom. The highest BCUT2D eigenvalue weighted by molar-refractivity contribution is 5.76. The minimum absolute atomic E-state index is 0.197. The normalized spacial score (nSPS) is 22.7. The number of carbonyl (C=O) groups is 1. The molecular weight excluding hydrogens is 634 g/mol. The second kappa shape index (κ2) is 31.9. The van der Waals surface area contributed by atoms with Crippen LogP contribution < -0.4 is 5.32 Å². The zero-order valence-corrected chi connectivity index (χ0v) is 31.4. The van der Waals surface area contributed by atoms with Gasteiger partial charge in [0.25, 0.3) is 0 Å². The molecule has 0 radical (unpaired) electrons. The molecule has 0 aromatic rings. The van der Waals surface area contributed by atoms with E-state index in [1.54, 1.807) is 6.08 Å². The SMILES string of the molecule is CCCC/C=C/C(O)C(COC1OC(CO)C(O)C(O)C1O)NC(=O)CCCCCCCCCC/C=C\C/C=C\C/C=C\CCCCCCC. The van der Waals surface area contributed by atoms with Crippen molar-refractivity contribution < 1.29 is 39.8 Å². The van der Waals surface area contributed by atoms with Crippen LogP contribution in [0.2, 0.25) is 0 Å². The van der Waals surface area contributed by atoms with Crippen molar-refractivity contribution in [3.8, 4) is 0 Å². The molecule has 9 nitrogen and oxygen atoms in total. The highest BCUT2D eigenvalue weighted by atomic mass is 16.7. The van der Waals surface area contributed by atoms with Crippen molar-refractivity contribution in [2.45, 2.75) is 192 Å². The molecule has 1 rings (SSSR count). The number of hydrogen-bond acceptors (Lipinski definition) is 8. The summed E-state index contributed by atoms with van der Waals surface area (Å²) in [4.78, 5) is 12.8. The van der Waals surface area contributed by atoms with Gasteiger partial charge in [0.15, 0.2) is 6.29 Å². The summed E-state index contributed by atoms with van der Waals surface area (Å²) in [6.07, 6.45) is 32.2. The van der Waals surface area contributed by atoms with Gasteiger partial charge in [-0.1, -0.05) is 140 Å². The Hall–Kier alpha value is -1.85. The predicted molar refractivity (Wildman–Crippen MR) is 203 cm³/mol. The first-order valence-corrected chi connectivity index (χ1v) is 19.9. The van der Waals surface area contributed by atoms with Crippen molar-refractivity contribution in [1.82, 2.24) is 5.32 Å². The summed E-state index contributed by atoms with van der Waals surface area (Å²) in [5.41, 5.74) is 0. The maximum atomic E-state index is 12.8. The number of aliphatic hydroxyl groups excluding tert-OH is 5. The van der Waals surface area contributed by atoms with Crippen molar-refractivity contribution in [2.24, 2.45) is 0 Å². The molecule has 1 aliphatic rings. The summed E-state index contributed by atoms with van der Waals surface area (Å²) in [6, 6.07) is -0.805. The van der Waals surface area contributed by atoms with Crippen LogP contribution in [0.15, 0.2) is 48.6 Å². The lowest BCUT2D eigenvalue weighted by Crippen LogP contribution is -2.60. The monoisotopic (exact) mass is 708 g/mol. The quantitative estimate of drug-likeness (QED) is 0.0330. The molecule has 0 bridgehead atoms. The molecule has 50 heavy (non-hydrogen) atoms. The van der Waals surface area contributed by atoms with E-state index in [9.17, 15) is 30.3 Å². The van der Waals surface area contributed by atoms with E-state index in [1.165, 1.54) is 64.2 Å². The number of allylic oxidation sites excluding steroid dienone is 7. The summed E-state index contributed by atoms with van der Waals surface area (Å²) in [7, 11) is 0. The van der Waals surface area contributed by atoms with Crippen LogP contribution in [0.3, 0.4) is 0 Å². The molecule has 0 aromatic carbocycles. The van der Waals surface area contributed by atoms with E-state index < -0.39 is 49.5 Å². The summed E-state index contributed by atoms with van der Waals surface area (Å²) in [5.74, 6) is -0.197. The molecule has 1 heterocycles. The zero-order chi connectivity index (χ0) is 36.7. The van der Waals surface area contributed by atoms with Gasteiger partial charge < -0.3 is 40.3 Å². The Kier molecular flexibility index (Phi) is 29.4. The summed E-state index contributed by atoms with van der Waals surface area (Å²) in [5, 5.41) is 53.4. The third kappa shape index (κ3) is 22.9. The summed E-state index contributed by atoms with van der Waals surface area (Å²) in [6.45, 7) is 3.57. The smallest absolute Gasteiger partial charge is 0.220 e. The number of rotatable bonds is 31. The third-order valence-electron chi connectivity index (χ3n) is 9.15. The van der Waals surface area contributed by atoms with Crippen molar-refractivity contribution in [1.29, 1.82) is 0 Å². The average molecular weight is 708 g/mol. The van der Waals surface area contributed by atoms with E-state index in [4.69, 9.17) is 9.47 Å². The molecule has 1 amide bonds. The Bertz CT molecular complexity index is 920. The molecule has 9 heteroatoms. The summed E-state index contributed by atoms with van der Waals surface area (Å²) >= 11 is 0. The predicted octanol–water partition coefficient (Wildman–Crippen LogP) is 7.11. The Balaban J connectivity index is 2.20. The van der Waals surface area contributed by atoms with Gasteiger partial charge in [-0.3, -0.25) is 4.79 Å². The number of nitrogens with one attached hydrogen (secondary N) is 1. The van der Waals surface area contributed by atoms with Gasteiger partial charge in [-0.15, -0.1) is 0 Å². The number of aliphatic hydroxyl groups is 5. The van der Waals surface area contributed by atoms with E-state index in [2.05, 4.69) is 55.6 Å². The second-order valence-corrected chi connectivity index (χ2v) is 13.7. The minimum Gasteiger partial charge on any atom is -0.394 e. The van der Waals surface area contributed by atoms with Crippen LogP contribution in [-0.4, -0.2) is 87.5 Å². The van der Waals surface area contributed by atoms with E-state index >= 15 is 0 Å². The van der Waals surface area contributed by atoms with Crippen LogP contribution in [-0.2, 0) is 14.3 Å². The highest BCUT2D eigenvalue weighted by Gasteiger charge is 2.44. The average Bonchev–Trinajstić information content (AvgIpc) is 3.11. The lowest BCUT2D eigenvalue weighted by molar-refractivity contribution is -0.302. The van der Waals surface area contributed by atoms with Crippen molar-refractivity contribution in [3.63, 3.8) is 0 Å². The largest absolute Gasteiger partial charge is 0.394 e. The standard InChI is InChI=1S/C41H73NO8/c1-3-5-7-9-10-11-12-13-14-15-16-17-18-19-20-21-22-23-24-25-26-27-29-31-37(45)42-34(35(44)30-28-8-6-4-2)33-49-41-40(48)39(47)38(46)36(32-43)50-41/h12-13,15-16,18-19,28,30,34-36,38-41,43-44,46-48H,3-11,14,17,20-27,29,31-33H2,1-2H3,(H,42,45)/b13-12-,16-15-,19-18-,30-28+. The number of ether oxygens (including phenoxy) is 2. The van der Waals surface area contributed by atoms with E-state index in [1.807, 2.05) is 6.08 Å². The van der Waals surface area contributed by atoms with Gasteiger partial charge in [-0.25, -0.2) is 0 Å². The number of unbranched alkanes of at least 4 members (excludes halogenated alkanes) is 15. The van der Waals surface area contributed by atoms with E-state index in [-0.39, 0.29) is 12.5 Å². The minimum atomic E-state index is -1.56. The highest BCUT2D eigenvalue weighted by Crippen LogP contribution is 2.22. The molecule has 0 spiro atoms. The molecule has 0 aromatic heterocycles. The van der Waals surface area contributed by atoms with Crippen molar-refractivity contribution >= 4 is 5.91 Å². The number of hydrogen-bond donors (Lipinski definition) is 6. The Labute approximate surface area is 303 Å². The first-order chi connectivity index (χ1) is 24.3. The van der Waals surface area contributed by atoms with Crippen LogP contribution in [0.5, 0.6) is 0 Å². The lowest BCUT2D eigenvalue weighted by Gasteiger charge is -2.40. The molecule has 1 aliphatic heterocycles. The van der Waals surface area contributed by atoms with Gasteiger partial charge in [0.1, 0.15) is 24.4 Å². The molecular formula is C41H73NO8. The topological polar surface area (TPSA) is 149 Å². The third-order valence-corrected chi connectivity index (χ3v) is 9.15. The van der Waals surface area contributed by atoms with Gasteiger partial charge in [-0.05, 0) is 51.4 Å². The molecule has 1 fully saturated rings. The lowest BCUT2D eigenvalue weighted by atomic mass is 9.99. The zero-order valence-electron chi connectivity index (χ0n) is 31.4. The first kappa shape index (κ1) is 46.2. The number of amides is 1. The van der Waals surface area contributed by atoms with Crippen LogP contribution in [0.1, 0.15) is 149 Å². The van der Waals surface area contributed by atoms with Gasteiger partial charge >= 0.3 is 0 Å². The molecule has 290 valence electrons. The van der Waals surface area contributed by atoms with Crippen LogP contribution in [0, 0.1) is 0 Å². The maximum absolute atomic E-state index is 12.8. The van der Waals surface area contributed by atoms with Crippen molar-refractivity contribution in [3.05, 3.63) is 48.6 Å². The Morgan fingerprint density at radius 3 is 1.78 bits per heavy atom. The fourth-order valence-corrected chi connectivity index (χ4v) is 5.85. The second-order valence-electron chi connectivity index (χ2n) is 13.7. The van der Waals surface area contributed by atoms with Crippen LogP contribution in [0.4, 0.5) is 0 Å². The van der Waals surface area contributed by atoms with E-state index in [0.29, 0.717) is 6.42 Å². The fraction of sp³-hybridized carbons (Fsp3) is 0.780. The first-order valence-electron chi connectivity index (χ1n) is 19.9. The molecule has 0 saturated carbocycles. The fourth-order valence-electron chi connectivity index (χ4n) is 5.85. The van der Waals surface area contributed by atoms with Gasteiger partial charge in [0.05, 0.1) is 25.4 Å². The van der Waals surface area contributed by atoms with Gasteiger partial charge in [-0.2, -0.15) is 0 Å². The van der Waals surface area contributed by atoms with Gasteiger partial charge in [0.2, 0.25) is 5.91 Å². The maximum Gasteiger partial charge on any atom is 0.220 e. The molecule has 1 saturated heterocycles. The molecule has 7 atom stereocenters. The van der Waals surface area contributed by atoms with Gasteiger partial charge in [0, 0.05) is 6.42 Å². The van der Waals surface area contributed by atoms with E-state index in [0.717, 1.165) is 64.2 Å². The number of carbonyl (C=O) groups excluding carboxylic acids is 1.